The van der Waals surface area contributed by atoms with Crippen LogP contribution in [0.4, 0.5) is 0 Å². The van der Waals surface area contributed by atoms with Crippen LogP contribution < -0.4 is 14.8 Å². The molecule has 0 aromatic heterocycles. The van der Waals surface area contributed by atoms with Gasteiger partial charge in [0.05, 0.1) is 11.6 Å². The number of hydrogen-bond donors (Lipinski definition) is 1. The minimum absolute atomic E-state index is 0.295. The van der Waals surface area contributed by atoms with Crippen molar-refractivity contribution < 1.29 is 9.47 Å². The highest BCUT2D eigenvalue weighted by molar-refractivity contribution is 9.10. The van der Waals surface area contributed by atoms with E-state index in [0.717, 1.165) is 34.0 Å². The van der Waals surface area contributed by atoms with Crippen LogP contribution in [-0.2, 0) is 13.2 Å². The molecule has 4 bridgehead atoms. The van der Waals surface area contributed by atoms with E-state index in [9.17, 15) is 0 Å². The van der Waals surface area contributed by atoms with Gasteiger partial charge in [0.25, 0.3) is 0 Å². The summed E-state index contributed by atoms with van der Waals surface area (Å²) in [5.41, 5.74) is 4.98. The van der Waals surface area contributed by atoms with Gasteiger partial charge >= 0.3 is 0 Å². The molecule has 4 fully saturated rings. The molecule has 32 heavy (non-hydrogen) atoms. The second kappa shape index (κ2) is 8.06. The van der Waals surface area contributed by atoms with E-state index in [0.29, 0.717) is 23.0 Å². The fourth-order valence-electron chi connectivity index (χ4n) is 7.91. The molecule has 0 heterocycles. The molecule has 4 aliphatic carbocycles. The van der Waals surface area contributed by atoms with E-state index in [2.05, 4.69) is 78.4 Å². The number of halogens is 1. The number of hydrogen-bond acceptors (Lipinski definition) is 3. The average Bonchev–Trinajstić information content (AvgIpc) is 2.68. The van der Waals surface area contributed by atoms with Crippen molar-refractivity contribution in [2.24, 2.45) is 16.7 Å². The lowest BCUT2D eigenvalue weighted by molar-refractivity contribution is -0.118. The van der Waals surface area contributed by atoms with E-state index in [4.69, 9.17) is 9.47 Å². The van der Waals surface area contributed by atoms with Crippen molar-refractivity contribution in [3.8, 4) is 11.5 Å². The van der Waals surface area contributed by atoms with Crippen molar-refractivity contribution in [1.82, 2.24) is 5.32 Å². The third-order valence-electron chi connectivity index (χ3n) is 8.05. The van der Waals surface area contributed by atoms with E-state index in [-0.39, 0.29) is 0 Å². The Labute approximate surface area is 201 Å². The minimum Gasteiger partial charge on any atom is -0.493 e. The number of benzene rings is 2. The quantitative estimate of drug-likeness (QED) is 0.439. The molecule has 0 amide bonds. The first-order valence-corrected chi connectivity index (χ1v) is 12.8. The second-order valence-corrected chi connectivity index (χ2v) is 12.5. The van der Waals surface area contributed by atoms with E-state index >= 15 is 0 Å². The zero-order valence-electron chi connectivity index (χ0n) is 19.9. The summed E-state index contributed by atoms with van der Waals surface area (Å²) in [5.74, 6) is 2.45. The van der Waals surface area contributed by atoms with Crippen LogP contribution in [0.25, 0.3) is 0 Å². The molecule has 0 aliphatic heterocycles. The molecule has 4 aliphatic rings. The lowest BCUT2D eigenvalue weighted by atomic mass is 9.43. The maximum atomic E-state index is 6.17. The molecule has 1 N–H and O–H groups in total. The summed E-state index contributed by atoms with van der Waals surface area (Å²) in [4.78, 5) is 0. The first-order chi connectivity index (χ1) is 15.2. The van der Waals surface area contributed by atoms with Gasteiger partial charge in [-0.05, 0) is 101 Å². The summed E-state index contributed by atoms with van der Waals surface area (Å²) in [7, 11) is 1.72. The first-order valence-electron chi connectivity index (χ1n) is 12.0. The van der Waals surface area contributed by atoms with Gasteiger partial charge in [-0.3, -0.25) is 0 Å². The van der Waals surface area contributed by atoms with Crippen LogP contribution in [0.15, 0.2) is 40.9 Å². The molecule has 4 heteroatoms. The second-order valence-electron chi connectivity index (χ2n) is 11.7. The largest absolute Gasteiger partial charge is 0.493 e. The lowest BCUT2D eigenvalue weighted by Crippen LogP contribution is -2.63. The summed E-state index contributed by atoms with van der Waals surface area (Å²) in [6, 6.07) is 12.7. The zero-order chi connectivity index (χ0) is 22.6. The molecule has 0 radical (unpaired) electrons. The average molecular weight is 499 g/mol. The van der Waals surface area contributed by atoms with Crippen LogP contribution in [0.3, 0.4) is 0 Å². The van der Waals surface area contributed by atoms with Crippen LogP contribution in [0.5, 0.6) is 11.5 Å². The van der Waals surface area contributed by atoms with Crippen LogP contribution in [0, 0.1) is 23.7 Å². The van der Waals surface area contributed by atoms with Gasteiger partial charge in [-0.25, -0.2) is 0 Å². The fourth-order valence-corrected chi connectivity index (χ4v) is 8.51. The van der Waals surface area contributed by atoms with Crippen LogP contribution >= 0.6 is 15.9 Å². The molecule has 2 aromatic carbocycles. The van der Waals surface area contributed by atoms with Gasteiger partial charge in [0, 0.05) is 12.1 Å². The molecule has 0 spiro atoms. The summed E-state index contributed by atoms with van der Waals surface area (Å²) >= 11 is 3.74. The number of aryl methyl sites for hydroxylation is 1. The summed E-state index contributed by atoms with van der Waals surface area (Å²) in [6.45, 7) is 8.56. The maximum absolute atomic E-state index is 6.17. The Morgan fingerprint density at radius 1 is 1.00 bits per heavy atom. The highest BCUT2D eigenvalue weighted by Crippen LogP contribution is 2.66. The van der Waals surface area contributed by atoms with Crippen molar-refractivity contribution in [1.29, 1.82) is 0 Å². The van der Waals surface area contributed by atoms with Gasteiger partial charge in [0.2, 0.25) is 0 Å². The van der Waals surface area contributed by atoms with Crippen molar-refractivity contribution in [2.45, 2.75) is 78.0 Å². The Bertz CT molecular complexity index is 1000. The Morgan fingerprint density at radius 3 is 2.41 bits per heavy atom. The predicted molar refractivity (Wildman–Crippen MR) is 133 cm³/mol. The molecule has 2 aromatic rings. The monoisotopic (exact) mass is 497 g/mol. The Hall–Kier alpha value is -1.52. The predicted octanol–water partition coefficient (Wildman–Crippen LogP) is 7.18. The molecule has 4 atom stereocenters. The molecule has 3 nitrogen and oxygen atoms in total. The summed E-state index contributed by atoms with van der Waals surface area (Å²) in [5, 5.41) is 4.04. The van der Waals surface area contributed by atoms with E-state index < -0.39 is 0 Å². The third kappa shape index (κ3) is 4.33. The van der Waals surface area contributed by atoms with Gasteiger partial charge in [-0.15, -0.1) is 0 Å². The fraction of sp³-hybridized carbons (Fsp3) is 0.571. The molecular weight excluding hydrogens is 462 g/mol. The van der Waals surface area contributed by atoms with Crippen LogP contribution in [-0.4, -0.2) is 12.6 Å². The smallest absolute Gasteiger partial charge is 0.175 e. The van der Waals surface area contributed by atoms with E-state index in [1.54, 1.807) is 7.11 Å². The van der Waals surface area contributed by atoms with Crippen molar-refractivity contribution in [2.75, 3.05) is 7.11 Å². The number of rotatable bonds is 7. The highest BCUT2D eigenvalue weighted by Gasteiger charge is 2.59. The number of ether oxygens (including phenoxy) is 2. The van der Waals surface area contributed by atoms with Gasteiger partial charge in [0.1, 0.15) is 6.61 Å². The third-order valence-corrected chi connectivity index (χ3v) is 8.64. The maximum Gasteiger partial charge on any atom is 0.175 e. The molecule has 6 rings (SSSR count). The van der Waals surface area contributed by atoms with Gasteiger partial charge < -0.3 is 14.8 Å². The number of nitrogens with one attached hydrogen (secondary N) is 1. The summed E-state index contributed by atoms with van der Waals surface area (Å²) in [6.07, 6.45) is 8.25. The Balaban J connectivity index is 1.30. The van der Waals surface area contributed by atoms with Crippen LogP contribution in [0.2, 0.25) is 0 Å². The summed E-state index contributed by atoms with van der Waals surface area (Å²) < 4.78 is 12.8. The van der Waals surface area contributed by atoms with E-state index in [1.165, 1.54) is 49.7 Å². The number of methoxy groups -OCH3 is 1. The zero-order valence-corrected chi connectivity index (χ0v) is 21.5. The minimum atomic E-state index is 0.295. The molecule has 0 saturated heterocycles. The Kier molecular flexibility index (Phi) is 5.61. The molecule has 4 saturated carbocycles. The van der Waals surface area contributed by atoms with Crippen molar-refractivity contribution >= 4 is 15.9 Å². The normalized spacial score (nSPS) is 32.8. The lowest BCUT2D eigenvalue weighted by Gasteiger charge is -2.65. The van der Waals surface area contributed by atoms with Gasteiger partial charge in [-0.2, -0.15) is 0 Å². The molecular formula is C28H36BrNO2. The standard InChI is InChI=1S/C28H36BrNO2/c1-19-6-5-7-20(8-19)15-32-25-23(29)9-21(10-24(25)31-4)14-30-28-13-22-11-26(2,17-28)16-27(3,12-22)18-28/h5-10,22,30H,11-18H2,1-4H3/t22?,26-,27+,28?. The van der Waals surface area contributed by atoms with Crippen molar-refractivity contribution in [3.05, 3.63) is 57.6 Å². The first kappa shape index (κ1) is 22.3. The van der Waals surface area contributed by atoms with Gasteiger partial charge in [-0.1, -0.05) is 43.7 Å². The molecule has 172 valence electrons. The highest BCUT2D eigenvalue weighted by atomic mass is 79.9. The molecule has 2 unspecified atom stereocenters. The Morgan fingerprint density at radius 2 is 1.75 bits per heavy atom. The van der Waals surface area contributed by atoms with Crippen LogP contribution in [0.1, 0.15) is 69.1 Å². The van der Waals surface area contributed by atoms with Gasteiger partial charge in [0.15, 0.2) is 11.5 Å². The SMILES string of the molecule is COc1cc(CNC23CC4C[C@@](C)(C2)C[C@](C)(C4)C3)cc(Br)c1OCc1cccc(C)c1. The van der Waals surface area contributed by atoms with E-state index in [1.807, 2.05) is 0 Å². The topological polar surface area (TPSA) is 30.5 Å². The van der Waals surface area contributed by atoms with Crippen molar-refractivity contribution in [3.63, 3.8) is 0 Å².